The molecule has 1 atom stereocenters. The molecule has 36 heavy (non-hydrogen) atoms. The Balaban J connectivity index is 1.78. The summed E-state index contributed by atoms with van der Waals surface area (Å²) < 4.78 is 46.2. The smallest absolute Gasteiger partial charge is 0.495 e. The maximum atomic E-state index is 13.1. The number of hydrogen-bond donors (Lipinski definition) is 3. The van der Waals surface area contributed by atoms with Gasteiger partial charge in [-0.3, -0.25) is 14.9 Å². The van der Waals surface area contributed by atoms with Gasteiger partial charge in [-0.05, 0) is 48.1 Å². The highest BCUT2D eigenvalue weighted by Gasteiger charge is 2.31. The van der Waals surface area contributed by atoms with E-state index in [1.54, 1.807) is 30.3 Å². The fourth-order valence-corrected chi connectivity index (χ4v) is 3.32. The minimum atomic E-state index is -4.84. The lowest BCUT2D eigenvalue weighted by Crippen LogP contribution is -2.39. The van der Waals surface area contributed by atoms with Gasteiger partial charge < -0.3 is 25.4 Å². The van der Waals surface area contributed by atoms with Crippen LogP contribution in [0.3, 0.4) is 0 Å². The normalized spacial score (nSPS) is 11.7. The molecule has 0 saturated heterocycles. The topological polar surface area (TPSA) is 115 Å². The number of alkyl halides is 3. The molecule has 0 aliphatic heterocycles. The van der Waals surface area contributed by atoms with E-state index in [-0.39, 0.29) is 27.9 Å². The van der Waals surface area contributed by atoms with Crippen LogP contribution >= 0.6 is 12.2 Å². The molecule has 0 saturated carbocycles. The van der Waals surface area contributed by atoms with Crippen LogP contribution in [0.15, 0.2) is 72.8 Å². The van der Waals surface area contributed by atoms with Crippen LogP contribution < -0.4 is 25.4 Å². The van der Waals surface area contributed by atoms with E-state index in [4.69, 9.17) is 17.0 Å². The van der Waals surface area contributed by atoms with Crippen molar-refractivity contribution in [1.29, 1.82) is 0 Å². The number of nitrogens with zero attached hydrogens (tertiary/aromatic N) is 1. The zero-order valence-electron chi connectivity index (χ0n) is 18.5. The van der Waals surface area contributed by atoms with E-state index < -0.39 is 29.0 Å². The van der Waals surface area contributed by atoms with Gasteiger partial charge in [-0.1, -0.05) is 30.3 Å². The molecule has 188 valence electrons. The highest BCUT2D eigenvalue weighted by molar-refractivity contribution is 7.80. The van der Waals surface area contributed by atoms with E-state index in [9.17, 15) is 28.1 Å². The Bertz CT molecular complexity index is 1240. The van der Waals surface area contributed by atoms with Crippen LogP contribution in [0.5, 0.6) is 11.5 Å². The molecule has 0 bridgehead atoms. The quantitative estimate of drug-likeness (QED) is 0.212. The number of methoxy groups -OCH3 is 1. The Morgan fingerprint density at radius 2 is 1.69 bits per heavy atom. The molecule has 0 heterocycles. The SMILES string of the molecule is COc1ccc([N+](=O)[O-])cc1NC(=S)NC(C(=O)Nc1ccc(OC(F)(F)F)cc1)c1ccccc1. The Labute approximate surface area is 208 Å². The molecule has 3 aromatic rings. The van der Waals surface area contributed by atoms with E-state index in [2.05, 4.69) is 20.7 Å². The van der Waals surface area contributed by atoms with Gasteiger partial charge in [0, 0.05) is 17.8 Å². The number of hydrogen-bond acceptors (Lipinski definition) is 6. The maximum absolute atomic E-state index is 13.1. The molecule has 3 aromatic carbocycles. The molecule has 0 radical (unpaired) electrons. The largest absolute Gasteiger partial charge is 0.573 e. The predicted octanol–water partition coefficient (Wildman–Crippen LogP) is 5.17. The fourth-order valence-electron chi connectivity index (χ4n) is 3.10. The number of thiocarbonyl (C=S) groups is 1. The first kappa shape index (κ1) is 26.2. The lowest BCUT2D eigenvalue weighted by molar-refractivity contribution is -0.384. The molecule has 0 spiro atoms. The molecule has 3 N–H and O–H groups in total. The molecule has 1 amide bonds. The van der Waals surface area contributed by atoms with E-state index in [1.165, 1.54) is 37.4 Å². The number of carbonyl (C=O) groups excluding carboxylic acids is 1. The summed E-state index contributed by atoms with van der Waals surface area (Å²) in [5.74, 6) is -0.720. The first-order valence-electron chi connectivity index (χ1n) is 10.2. The van der Waals surface area contributed by atoms with Crippen LogP contribution in [0.2, 0.25) is 0 Å². The Morgan fingerprint density at radius 1 is 1.03 bits per heavy atom. The molecular formula is C23H19F3N4O5S. The summed E-state index contributed by atoms with van der Waals surface area (Å²) in [5.41, 5.74) is 0.756. The van der Waals surface area contributed by atoms with Crippen molar-refractivity contribution in [3.63, 3.8) is 0 Å². The summed E-state index contributed by atoms with van der Waals surface area (Å²) in [5, 5.41) is 19.3. The van der Waals surface area contributed by atoms with E-state index in [1.807, 2.05) is 0 Å². The highest BCUT2D eigenvalue weighted by Crippen LogP contribution is 2.29. The van der Waals surface area contributed by atoms with Crippen molar-refractivity contribution in [1.82, 2.24) is 5.32 Å². The van der Waals surface area contributed by atoms with Crippen LogP contribution in [0.4, 0.5) is 30.2 Å². The maximum Gasteiger partial charge on any atom is 0.573 e. The number of non-ortho nitro benzene ring substituents is 1. The molecule has 1 unspecified atom stereocenters. The van der Waals surface area contributed by atoms with Crippen LogP contribution in [0, 0.1) is 10.1 Å². The number of nitrogens with one attached hydrogen (secondary N) is 3. The van der Waals surface area contributed by atoms with Gasteiger partial charge in [-0.15, -0.1) is 13.2 Å². The van der Waals surface area contributed by atoms with Crippen molar-refractivity contribution in [2.24, 2.45) is 0 Å². The molecule has 3 rings (SSSR count). The van der Waals surface area contributed by atoms with Crippen molar-refractivity contribution in [3.05, 3.63) is 88.5 Å². The van der Waals surface area contributed by atoms with E-state index in [0.29, 0.717) is 5.56 Å². The molecule has 0 aliphatic carbocycles. The Hall–Kier alpha value is -4.39. The zero-order chi connectivity index (χ0) is 26.3. The minimum absolute atomic E-state index is 0.0354. The zero-order valence-corrected chi connectivity index (χ0v) is 19.4. The molecule has 0 aromatic heterocycles. The highest BCUT2D eigenvalue weighted by atomic mass is 32.1. The van der Waals surface area contributed by atoms with Crippen molar-refractivity contribution >= 4 is 40.3 Å². The van der Waals surface area contributed by atoms with Gasteiger partial charge in [0.15, 0.2) is 5.11 Å². The third-order valence-electron chi connectivity index (χ3n) is 4.67. The van der Waals surface area contributed by atoms with Crippen LogP contribution in [0.1, 0.15) is 11.6 Å². The second-order valence-electron chi connectivity index (χ2n) is 7.15. The molecular weight excluding hydrogens is 501 g/mol. The van der Waals surface area contributed by atoms with Crippen molar-refractivity contribution in [2.45, 2.75) is 12.4 Å². The van der Waals surface area contributed by atoms with Crippen molar-refractivity contribution in [3.8, 4) is 11.5 Å². The molecule has 0 fully saturated rings. The second kappa shape index (κ2) is 11.4. The van der Waals surface area contributed by atoms with Gasteiger partial charge in [-0.2, -0.15) is 0 Å². The third-order valence-corrected chi connectivity index (χ3v) is 4.89. The van der Waals surface area contributed by atoms with Gasteiger partial charge in [0.05, 0.1) is 17.7 Å². The van der Waals surface area contributed by atoms with Crippen molar-refractivity contribution in [2.75, 3.05) is 17.7 Å². The minimum Gasteiger partial charge on any atom is -0.495 e. The van der Waals surface area contributed by atoms with Gasteiger partial charge in [0.1, 0.15) is 17.5 Å². The third kappa shape index (κ3) is 7.30. The molecule has 13 heteroatoms. The number of nitro benzene ring substituents is 1. The van der Waals surface area contributed by atoms with Crippen LogP contribution in [0.25, 0.3) is 0 Å². The first-order valence-corrected chi connectivity index (χ1v) is 10.6. The summed E-state index contributed by atoms with van der Waals surface area (Å²) in [6.45, 7) is 0. The van der Waals surface area contributed by atoms with Crippen LogP contribution in [-0.4, -0.2) is 29.4 Å². The lowest BCUT2D eigenvalue weighted by atomic mass is 10.1. The first-order chi connectivity index (χ1) is 17.1. The average Bonchev–Trinajstić information content (AvgIpc) is 2.83. The monoisotopic (exact) mass is 520 g/mol. The molecule has 9 nitrogen and oxygen atoms in total. The lowest BCUT2D eigenvalue weighted by Gasteiger charge is -2.21. The number of nitro groups is 1. The summed E-state index contributed by atoms with van der Waals surface area (Å²) in [4.78, 5) is 23.6. The number of amides is 1. The average molecular weight is 520 g/mol. The summed E-state index contributed by atoms with van der Waals surface area (Å²) in [6, 6.07) is 16.0. The Kier molecular flexibility index (Phi) is 8.27. The van der Waals surface area contributed by atoms with Crippen molar-refractivity contribution < 1.29 is 32.4 Å². The number of anilines is 2. The molecule has 0 aliphatic rings. The number of rotatable bonds is 8. The summed E-state index contributed by atoms with van der Waals surface area (Å²) >= 11 is 5.33. The van der Waals surface area contributed by atoms with E-state index in [0.717, 1.165) is 12.1 Å². The number of carbonyl (C=O) groups is 1. The van der Waals surface area contributed by atoms with Crippen LogP contribution in [-0.2, 0) is 4.79 Å². The summed E-state index contributed by atoms with van der Waals surface area (Å²) in [6.07, 6.45) is -4.84. The number of benzene rings is 3. The van der Waals surface area contributed by atoms with Gasteiger partial charge in [0.2, 0.25) is 0 Å². The van der Waals surface area contributed by atoms with E-state index >= 15 is 0 Å². The summed E-state index contributed by atoms with van der Waals surface area (Å²) in [7, 11) is 1.38. The fraction of sp³-hybridized carbons (Fsp3) is 0.130. The Morgan fingerprint density at radius 3 is 2.28 bits per heavy atom. The van der Waals surface area contributed by atoms with Gasteiger partial charge in [-0.25, -0.2) is 0 Å². The second-order valence-corrected chi connectivity index (χ2v) is 7.55. The number of halogens is 3. The predicted molar refractivity (Wildman–Crippen MR) is 130 cm³/mol. The van der Waals surface area contributed by atoms with Gasteiger partial charge >= 0.3 is 6.36 Å². The standard InChI is InChI=1S/C23H19F3N4O5S/c1-34-19-12-9-16(30(32)33)13-18(19)28-22(36)29-20(14-5-3-2-4-6-14)21(31)27-15-7-10-17(11-8-15)35-23(24,25)26/h2-13,20H,1H3,(H,27,31)(H2,28,29,36). The van der Waals surface area contributed by atoms with Gasteiger partial charge in [0.25, 0.3) is 11.6 Å². The number of ether oxygens (including phenoxy) is 2.